The van der Waals surface area contributed by atoms with E-state index < -0.39 is 5.82 Å². The Labute approximate surface area is 132 Å². The van der Waals surface area contributed by atoms with Gasteiger partial charge in [-0.2, -0.15) is 0 Å². The lowest BCUT2D eigenvalue weighted by molar-refractivity contribution is 0.0935. The minimum atomic E-state index is -0.523. The monoisotopic (exact) mass is 316 g/mol. The summed E-state index contributed by atoms with van der Waals surface area (Å²) < 4.78 is 13.9. The molecule has 0 aliphatic heterocycles. The fourth-order valence-corrected chi connectivity index (χ4v) is 2.53. The summed E-state index contributed by atoms with van der Waals surface area (Å²) in [4.78, 5) is 15.2. The molecule has 0 saturated carbocycles. The second-order valence-corrected chi connectivity index (χ2v) is 5.52. The van der Waals surface area contributed by atoms with Crippen LogP contribution < -0.4 is 5.32 Å². The fraction of sp³-hybridized carbons (Fsp3) is 0.118. The number of fused-ring (bicyclic) bond motifs is 1. The van der Waals surface area contributed by atoms with Crippen molar-refractivity contribution in [2.45, 2.75) is 13.0 Å². The Morgan fingerprint density at radius 2 is 1.95 bits per heavy atom. The van der Waals surface area contributed by atoms with Gasteiger partial charge in [0.25, 0.3) is 5.91 Å². The van der Waals surface area contributed by atoms with Crippen molar-refractivity contribution in [2.75, 3.05) is 0 Å². The third-order valence-corrected chi connectivity index (χ3v) is 3.87. The van der Waals surface area contributed by atoms with E-state index in [1.807, 2.05) is 37.3 Å². The van der Waals surface area contributed by atoms with E-state index in [0.29, 0.717) is 16.6 Å². The molecule has 112 valence electrons. The highest BCUT2D eigenvalue weighted by molar-refractivity contribution is 6.31. The van der Waals surface area contributed by atoms with Gasteiger partial charge in [-0.05, 0) is 30.7 Å². The average Bonchev–Trinajstić information content (AvgIpc) is 2.97. The van der Waals surface area contributed by atoms with Gasteiger partial charge in [-0.15, -0.1) is 0 Å². The normalized spacial score (nSPS) is 12.3. The summed E-state index contributed by atoms with van der Waals surface area (Å²) in [5, 5.41) is 3.23. The molecule has 0 saturated heterocycles. The van der Waals surface area contributed by atoms with Gasteiger partial charge in [0.15, 0.2) is 5.82 Å². The molecule has 1 aromatic heterocycles. The minimum absolute atomic E-state index is 0.0381. The van der Waals surface area contributed by atoms with Crippen LogP contribution in [0.4, 0.5) is 4.39 Å². The lowest BCUT2D eigenvalue weighted by Gasteiger charge is -2.13. The molecule has 3 rings (SSSR count). The third kappa shape index (κ3) is 2.70. The second kappa shape index (κ2) is 5.81. The number of nitrogens with one attached hydrogen (secondary N) is 2. The van der Waals surface area contributed by atoms with Gasteiger partial charge in [0, 0.05) is 10.9 Å². The summed E-state index contributed by atoms with van der Waals surface area (Å²) in [6, 6.07) is 14.1. The standard InChI is InChI=1S/C17H14ClFN2O/c1-10(11-5-3-2-4-6-11)20-17(22)15-9-12-14(21-15)8-7-13(18)16(12)19/h2-10,21H,1H3,(H,20,22). The topological polar surface area (TPSA) is 44.9 Å². The first kappa shape index (κ1) is 14.6. The fourth-order valence-electron chi connectivity index (χ4n) is 2.36. The molecule has 1 unspecified atom stereocenters. The summed E-state index contributed by atoms with van der Waals surface area (Å²) in [7, 11) is 0. The van der Waals surface area contributed by atoms with Crippen LogP contribution in [0.25, 0.3) is 10.9 Å². The molecule has 2 N–H and O–H groups in total. The second-order valence-electron chi connectivity index (χ2n) is 5.11. The van der Waals surface area contributed by atoms with Crippen LogP contribution >= 0.6 is 11.6 Å². The molecule has 5 heteroatoms. The van der Waals surface area contributed by atoms with Crippen molar-refractivity contribution in [1.29, 1.82) is 0 Å². The minimum Gasteiger partial charge on any atom is -0.350 e. The molecular formula is C17H14ClFN2O. The summed E-state index contributed by atoms with van der Waals surface area (Å²) in [6.07, 6.45) is 0. The highest BCUT2D eigenvalue weighted by Gasteiger charge is 2.16. The Kier molecular flexibility index (Phi) is 3.86. The molecule has 0 aliphatic carbocycles. The van der Waals surface area contributed by atoms with Gasteiger partial charge in [-0.1, -0.05) is 41.9 Å². The smallest absolute Gasteiger partial charge is 0.268 e. The summed E-state index contributed by atoms with van der Waals surface area (Å²) in [5.74, 6) is -0.811. The van der Waals surface area contributed by atoms with Crippen LogP contribution in [0.5, 0.6) is 0 Å². The van der Waals surface area contributed by atoms with Crippen molar-refractivity contribution in [3.05, 3.63) is 70.6 Å². The van der Waals surface area contributed by atoms with Gasteiger partial charge >= 0.3 is 0 Å². The van der Waals surface area contributed by atoms with E-state index in [4.69, 9.17) is 11.6 Å². The number of halogens is 2. The van der Waals surface area contributed by atoms with Crippen molar-refractivity contribution in [1.82, 2.24) is 10.3 Å². The first-order valence-corrected chi connectivity index (χ1v) is 7.26. The van der Waals surface area contributed by atoms with E-state index in [1.54, 1.807) is 6.07 Å². The molecule has 0 aliphatic rings. The van der Waals surface area contributed by atoms with Crippen LogP contribution in [0, 0.1) is 5.82 Å². The molecule has 0 fully saturated rings. The summed E-state index contributed by atoms with van der Waals surface area (Å²) in [5.41, 5.74) is 1.85. The Bertz CT molecular complexity index is 829. The van der Waals surface area contributed by atoms with Gasteiger partial charge in [-0.3, -0.25) is 4.79 Å². The Morgan fingerprint density at radius 3 is 2.68 bits per heavy atom. The molecule has 22 heavy (non-hydrogen) atoms. The van der Waals surface area contributed by atoms with Crippen LogP contribution in [0.2, 0.25) is 5.02 Å². The zero-order chi connectivity index (χ0) is 15.7. The molecule has 0 radical (unpaired) electrons. The first-order valence-electron chi connectivity index (χ1n) is 6.89. The van der Waals surface area contributed by atoms with E-state index in [2.05, 4.69) is 10.3 Å². The quantitative estimate of drug-likeness (QED) is 0.736. The average molecular weight is 317 g/mol. The van der Waals surface area contributed by atoms with Crippen molar-refractivity contribution in [2.24, 2.45) is 0 Å². The number of hydrogen-bond donors (Lipinski definition) is 2. The molecule has 1 amide bonds. The zero-order valence-electron chi connectivity index (χ0n) is 11.9. The number of hydrogen-bond acceptors (Lipinski definition) is 1. The van der Waals surface area contributed by atoms with Crippen LogP contribution in [-0.2, 0) is 0 Å². The lowest BCUT2D eigenvalue weighted by atomic mass is 10.1. The molecule has 3 nitrogen and oxygen atoms in total. The number of carbonyl (C=O) groups is 1. The number of aromatic amines is 1. The van der Waals surface area contributed by atoms with Crippen LogP contribution in [0.15, 0.2) is 48.5 Å². The highest BCUT2D eigenvalue weighted by atomic mass is 35.5. The van der Waals surface area contributed by atoms with E-state index in [1.165, 1.54) is 12.1 Å². The lowest BCUT2D eigenvalue weighted by Crippen LogP contribution is -2.26. The first-order chi connectivity index (χ1) is 10.6. The van der Waals surface area contributed by atoms with Gasteiger partial charge in [-0.25, -0.2) is 4.39 Å². The highest BCUT2D eigenvalue weighted by Crippen LogP contribution is 2.25. The number of rotatable bonds is 3. The van der Waals surface area contributed by atoms with Gasteiger partial charge < -0.3 is 10.3 Å². The molecule has 1 atom stereocenters. The summed E-state index contributed by atoms with van der Waals surface area (Å²) in [6.45, 7) is 1.90. The number of H-pyrrole nitrogens is 1. The van der Waals surface area contributed by atoms with Crippen molar-refractivity contribution in [3.63, 3.8) is 0 Å². The van der Waals surface area contributed by atoms with Crippen LogP contribution in [0.1, 0.15) is 29.0 Å². The third-order valence-electron chi connectivity index (χ3n) is 3.58. The SMILES string of the molecule is CC(NC(=O)c1cc2c(F)c(Cl)ccc2[nH]1)c1ccccc1. The van der Waals surface area contributed by atoms with E-state index in [9.17, 15) is 9.18 Å². The molecule has 3 aromatic rings. The molecule has 1 heterocycles. The maximum absolute atomic E-state index is 13.9. The van der Waals surface area contributed by atoms with Crippen molar-refractivity contribution >= 4 is 28.4 Å². The Balaban J connectivity index is 1.85. The molecule has 0 spiro atoms. The van der Waals surface area contributed by atoms with Gasteiger partial charge in [0.05, 0.1) is 11.1 Å². The van der Waals surface area contributed by atoms with E-state index in [0.717, 1.165) is 5.56 Å². The van der Waals surface area contributed by atoms with Crippen molar-refractivity contribution in [3.8, 4) is 0 Å². The molecule has 2 aromatic carbocycles. The number of aromatic nitrogens is 1. The van der Waals surface area contributed by atoms with Crippen LogP contribution in [-0.4, -0.2) is 10.9 Å². The van der Waals surface area contributed by atoms with E-state index >= 15 is 0 Å². The van der Waals surface area contributed by atoms with Gasteiger partial charge in [0.2, 0.25) is 0 Å². The van der Waals surface area contributed by atoms with Crippen LogP contribution in [0.3, 0.4) is 0 Å². The number of benzene rings is 2. The molecular weight excluding hydrogens is 303 g/mol. The predicted octanol–water partition coefficient (Wildman–Crippen LogP) is 4.45. The Hall–Kier alpha value is -2.33. The predicted molar refractivity (Wildman–Crippen MR) is 85.6 cm³/mol. The van der Waals surface area contributed by atoms with Crippen molar-refractivity contribution < 1.29 is 9.18 Å². The maximum atomic E-state index is 13.9. The maximum Gasteiger partial charge on any atom is 0.268 e. The number of carbonyl (C=O) groups excluding carboxylic acids is 1. The Morgan fingerprint density at radius 1 is 1.23 bits per heavy atom. The number of amides is 1. The van der Waals surface area contributed by atoms with E-state index in [-0.39, 0.29) is 17.0 Å². The summed E-state index contributed by atoms with van der Waals surface area (Å²) >= 11 is 5.75. The zero-order valence-corrected chi connectivity index (χ0v) is 12.6. The molecule has 0 bridgehead atoms. The largest absolute Gasteiger partial charge is 0.350 e. The van der Waals surface area contributed by atoms with Gasteiger partial charge in [0.1, 0.15) is 5.69 Å².